The van der Waals surface area contributed by atoms with E-state index < -0.39 is 17.5 Å². The predicted molar refractivity (Wildman–Crippen MR) is 95.4 cm³/mol. The van der Waals surface area contributed by atoms with Crippen molar-refractivity contribution in [2.45, 2.75) is 72.3 Å². The third-order valence-electron chi connectivity index (χ3n) is 4.53. The molecular weight excluding hydrogens is 304 g/mol. The van der Waals surface area contributed by atoms with Crippen LogP contribution in [0.4, 0.5) is 0 Å². The molecule has 134 valence electrons. The molecule has 0 spiro atoms. The average Bonchev–Trinajstić information content (AvgIpc) is 2.60. The molecule has 0 atom stereocenters. The number of carbonyl (C=O) groups is 2. The van der Waals surface area contributed by atoms with Crippen molar-refractivity contribution in [1.29, 1.82) is 0 Å². The molecule has 0 saturated carbocycles. The van der Waals surface area contributed by atoms with E-state index in [1.165, 1.54) is 0 Å². The van der Waals surface area contributed by atoms with Crippen molar-refractivity contribution in [3.63, 3.8) is 0 Å². The van der Waals surface area contributed by atoms with Crippen LogP contribution in [0.1, 0.15) is 86.6 Å². The summed E-state index contributed by atoms with van der Waals surface area (Å²) >= 11 is 0. The molecule has 1 aromatic rings. The van der Waals surface area contributed by atoms with Crippen LogP contribution in [0.5, 0.6) is 0 Å². The van der Waals surface area contributed by atoms with Gasteiger partial charge in [0.1, 0.15) is 5.60 Å². The monoisotopic (exact) mass is 334 g/mol. The first-order valence-corrected chi connectivity index (χ1v) is 9.00. The minimum atomic E-state index is -0.472. The Morgan fingerprint density at radius 3 is 2.17 bits per heavy atom. The van der Waals surface area contributed by atoms with E-state index in [-0.39, 0.29) is 6.61 Å². The van der Waals surface area contributed by atoms with Gasteiger partial charge in [-0.25, -0.2) is 9.59 Å². The molecule has 1 rings (SSSR count). The zero-order valence-corrected chi connectivity index (χ0v) is 15.6. The van der Waals surface area contributed by atoms with Crippen LogP contribution < -0.4 is 0 Å². The van der Waals surface area contributed by atoms with Gasteiger partial charge in [0.2, 0.25) is 0 Å². The fourth-order valence-electron chi connectivity index (χ4n) is 3.02. The highest BCUT2D eigenvalue weighted by Gasteiger charge is 2.32. The van der Waals surface area contributed by atoms with Gasteiger partial charge in [0.15, 0.2) is 0 Å². The van der Waals surface area contributed by atoms with E-state index in [1.807, 2.05) is 26.8 Å². The van der Waals surface area contributed by atoms with Crippen LogP contribution in [0.3, 0.4) is 0 Å². The lowest BCUT2D eigenvalue weighted by Crippen LogP contribution is -2.34. The van der Waals surface area contributed by atoms with Gasteiger partial charge in [-0.2, -0.15) is 0 Å². The maximum absolute atomic E-state index is 12.8. The number of aryl methyl sites for hydroxylation is 1. The van der Waals surface area contributed by atoms with Gasteiger partial charge in [-0.05, 0) is 44.2 Å². The van der Waals surface area contributed by atoms with Crippen LogP contribution in [0.15, 0.2) is 18.2 Å². The van der Waals surface area contributed by atoms with Crippen molar-refractivity contribution in [3.05, 3.63) is 34.9 Å². The van der Waals surface area contributed by atoms with Gasteiger partial charge in [-0.15, -0.1) is 0 Å². The number of hydrogen-bond acceptors (Lipinski definition) is 4. The van der Waals surface area contributed by atoms with Crippen LogP contribution in [0, 0.1) is 0 Å². The Kier molecular flexibility index (Phi) is 7.96. The lowest BCUT2D eigenvalue weighted by molar-refractivity contribution is -0.0279. The summed E-state index contributed by atoms with van der Waals surface area (Å²) in [6.07, 6.45) is 3.91. The second-order valence-electron chi connectivity index (χ2n) is 5.94. The summed E-state index contributed by atoms with van der Waals surface area (Å²) in [5.74, 6) is -0.901. The maximum atomic E-state index is 12.8. The van der Waals surface area contributed by atoms with Gasteiger partial charge in [0.25, 0.3) is 0 Å². The van der Waals surface area contributed by atoms with E-state index in [2.05, 4.69) is 6.92 Å². The van der Waals surface area contributed by atoms with Crippen molar-refractivity contribution < 1.29 is 19.1 Å². The molecule has 24 heavy (non-hydrogen) atoms. The largest absolute Gasteiger partial charge is 0.462 e. The lowest BCUT2D eigenvalue weighted by atomic mass is 9.91. The molecular formula is C20H30O4. The van der Waals surface area contributed by atoms with Gasteiger partial charge in [-0.3, -0.25) is 0 Å². The smallest absolute Gasteiger partial charge is 0.339 e. The molecule has 0 saturated heterocycles. The van der Waals surface area contributed by atoms with Crippen molar-refractivity contribution in [1.82, 2.24) is 0 Å². The highest BCUT2D eigenvalue weighted by atomic mass is 16.6. The van der Waals surface area contributed by atoms with Crippen molar-refractivity contribution in [2.75, 3.05) is 6.61 Å². The van der Waals surface area contributed by atoms with Gasteiger partial charge in [0, 0.05) is 0 Å². The van der Waals surface area contributed by atoms with Crippen LogP contribution >= 0.6 is 0 Å². The molecule has 0 radical (unpaired) electrons. The van der Waals surface area contributed by atoms with Gasteiger partial charge >= 0.3 is 11.9 Å². The minimum Gasteiger partial charge on any atom is -0.462 e. The average molecular weight is 334 g/mol. The Bertz CT molecular complexity index is 559. The first-order chi connectivity index (χ1) is 11.5. The van der Waals surface area contributed by atoms with E-state index in [4.69, 9.17) is 9.47 Å². The molecule has 0 aliphatic heterocycles. The Labute approximate surface area is 145 Å². The van der Waals surface area contributed by atoms with Crippen molar-refractivity contribution in [3.8, 4) is 0 Å². The molecule has 0 amide bonds. The second kappa shape index (κ2) is 9.45. The Balaban J connectivity index is 3.25. The highest BCUT2D eigenvalue weighted by Crippen LogP contribution is 2.29. The van der Waals surface area contributed by atoms with Gasteiger partial charge in [-0.1, -0.05) is 46.2 Å². The number of ether oxygens (including phenoxy) is 2. The molecule has 0 aliphatic rings. The summed E-state index contributed by atoms with van der Waals surface area (Å²) in [6.45, 7) is 10.1. The number of esters is 2. The van der Waals surface area contributed by atoms with E-state index in [0.29, 0.717) is 17.5 Å². The highest BCUT2D eigenvalue weighted by molar-refractivity contribution is 6.04. The molecule has 0 bridgehead atoms. The topological polar surface area (TPSA) is 52.6 Å². The van der Waals surface area contributed by atoms with E-state index in [1.54, 1.807) is 19.1 Å². The number of hydrogen-bond donors (Lipinski definition) is 0. The van der Waals surface area contributed by atoms with Crippen LogP contribution in [0.2, 0.25) is 0 Å². The Morgan fingerprint density at radius 1 is 1.00 bits per heavy atom. The zero-order valence-electron chi connectivity index (χ0n) is 15.6. The third-order valence-corrected chi connectivity index (χ3v) is 4.53. The summed E-state index contributed by atoms with van der Waals surface area (Å²) in [4.78, 5) is 25.2. The summed E-state index contributed by atoms with van der Waals surface area (Å²) in [5, 5.41) is 0. The molecule has 4 heteroatoms. The van der Waals surface area contributed by atoms with Gasteiger partial charge < -0.3 is 9.47 Å². The quantitative estimate of drug-likeness (QED) is 0.600. The molecule has 0 unspecified atom stereocenters. The summed E-state index contributed by atoms with van der Waals surface area (Å²) in [6, 6.07) is 5.29. The number of rotatable bonds is 9. The first-order valence-electron chi connectivity index (χ1n) is 9.00. The van der Waals surface area contributed by atoms with Crippen LogP contribution in [-0.2, 0) is 15.9 Å². The first kappa shape index (κ1) is 20.2. The maximum Gasteiger partial charge on any atom is 0.339 e. The SMILES string of the molecule is CCCC(CC)(CC)OC(=O)c1cccc(CC)c1C(=O)OCC. The number of carbonyl (C=O) groups excluding carboxylic acids is 2. The Hall–Kier alpha value is -1.84. The summed E-state index contributed by atoms with van der Waals surface area (Å²) in [5.41, 5.74) is 0.969. The van der Waals surface area contributed by atoms with Crippen molar-refractivity contribution >= 4 is 11.9 Å². The van der Waals surface area contributed by atoms with Crippen LogP contribution in [-0.4, -0.2) is 24.1 Å². The molecule has 0 aromatic heterocycles. The fourth-order valence-corrected chi connectivity index (χ4v) is 3.02. The molecule has 0 heterocycles. The normalized spacial score (nSPS) is 11.2. The molecule has 4 nitrogen and oxygen atoms in total. The van der Waals surface area contributed by atoms with Crippen LogP contribution in [0.25, 0.3) is 0 Å². The summed E-state index contributed by atoms with van der Waals surface area (Å²) in [7, 11) is 0. The van der Waals surface area contributed by atoms with E-state index in [9.17, 15) is 9.59 Å². The van der Waals surface area contributed by atoms with E-state index in [0.717, 1.165) is 31.2 Å². The third kappa shape index (κ3) is 4.59. The molecule has 1 aromatic carbocycles. The van der Waals surface area contributed by atoms with E-state index >= 15 is 0 Å². The minimum absolute atomic E-state index is 0.273. The predicted octanol–water partition coefficient (Wildman–Crippen LogP) is 4.94. The standard InChI is InChI=1S/C20H30O4/c1-6-14-20(8-3,9-4)24-18(21)16-13-11-12-15(7-2)17(16)19(22)23-10-5/h11-13H,6-10,14H2,1-5H3. The Morgan fingerprint density at radius 2 is 1.67 bits per heavy atom. The zero-order chi connectivity index (χ0) is 18.2. The van der Waals surface area contributed by atoms with Gasteiger partial charge in [0.05, 0.1) is 17.7 Å². The molecule has 0 fully saturated rings. The molecule has 0 aliphatic carbocycles. The number of benzene rings is 1. The molecule has 0 N–H and O–H groups in total. The fraction of sp³-hybridized carbons (Fsp3) is 0.600. The van der Waals surface area contributed by atoms with Crippen molar-refractivity contribution in [2.24, 2.45) is 0 Å². The second-order valence-corrected chi connectivity index (χ2v) is 5.94. The lowest BCUT2D eigenvalue weighted by Gasteiger charge is -2.31. The summed E-state index contributed by atoms with van der Waals surface area (Å²) < 4.78 is 11.0.